The van der Waals surface area contributed by atoms with Crippen LogP contribution in [0.1, 0.15) is 39.8 Å². The van der Waals surface area contributed by atoms with Crippen LogP contribution in [0.15, 0.2) is 17.1 Å². The smallest absolute Gasteiger partial charge is 0.351 e. The molecular formula is C16H27N3O3S. The van der Waals surface area contributed by atoms with Crippen LogP contribution in [0.5, 0.6) is 0 Å². The van der Waals surface area contributed by atoms with Gasteiger partial charge in [-0.05, 0) is 26.3 Å². The van der Waals surface area contributed by atoms with Gasteiger partial charge in [0.2, 0.25) is 0 Å². The number of anilines is 1. The average Bonchev–Trinajstić information content (AvgIpc) is 3.02. The third-order valence-electron chi connectivity index (χ3n) is 3.80. The Hall–Kier alpha value is -1.05. The van der Waals surface area contributed by atoms with E-state index in [9.17, 15) is 4.79 Å². The summed E-state index contributed by atoms with van der Waals surface area (Å²) in [6.07, 6.45) is 3.76. The Balaban J connectivity index is 2.03. The minimum atomic E-state index is -0.259. The van der Waals surface area contributed by atoms with Crippen LogP contribution in [-0.4, -0.2) is 47.0 Å². The van der Waals surface area contributed by atoms with Gasteiger partial charge in [-0.2, -0.15) is 4.98 Å². The van der Waals surface area contributed by atoms with E-state index in [0.717, 1.165) is 37.5 Å². The molecule has 0 aliphatic carbocycles. The van der Waals surface area contributed by atoms with Gasteiger partial charge in [0.1, 0.15) is 17.5 Å². The van der Waals surface area contributed by atoms with Gasteiger partial charge in [-0.25, -0.2) is 4.79 Å². The average molecular weight is 341 g/mol. The SMILES string of the molecule is CCCCN(CC)c1ccn([C@@H]2CS[C@H](COCC)O2)c(=O)n1. The van der Waals surface area contributed by atoms with Crippen LogP contribution in [0.3, 0.4) is 0 Å². The molecule has 0 N–H and O–H groups in total. The normalized spacial score (nSPS) is 20.8. The van der Waals surface area contributed by atoms with Crippen LogP contribution in [0.4, 0.5) is 5.82 Å². The third kappa shape index (κ3) is 4.96. The number of aromatic nitrogens is 2. The van der Waals surface area contributed by atoms with Gasteiger partial charge in [-0.3, -0.25) is 4.57 Å². The number of rotatable bonds is 9. The molecule has 0 saturated carbocycles. The van der Waals surface area contributed by atoms with E-state index < -0.39 is 0 Å². The summed E-state index contributed by atoms with van der Waals surface area (Å²) in [6, 6.07) is 1.91. The number of thioether (sulfide) groups is 1. The summed E-state index contributed by atoms with van der Waals surface area (Å²) in [7, 11) is 0. The molecule has 2 rings (SSSR count). The second-order valence-corrected chi connectivity index (χ2v) is 6.61. The first-order chi connectivity index (χ1) is 11.2. The molecule has 1 aromatic rings. The first-order valence-corrected chi connectivity index (χ1v) is 9.43. The van der Waals surface area contributed by atoms with Crippen molar-refractivity contribution in [3.8, 4) is 0 Å². The van der Waals surface area contributed by atoms with E-state index >= 15 is 0 Å². The maximum Gasteiger partial charge on any atom is 0.351 e. The summed E-state index contributed by atoms with van der Waals surface area (Å²) in [6.45, 7) is 9.20. The number of ether oxygens (including phenoxy) is 2. The first-order valence-electron chi connectivity index (χ1n) is 8.38. The predicted octanol–water partition coefficient (Wildman–Crippen LogP) is 2.49. The fourth-order valence-electron chi connectivity index (χ4n) is 2.47. The Morgan fingerprint density at radius 2 is 2.30 bits per heavy atom. The van der Waals surface area contributed by atoms with Gasteiger partial charge in [-0.1, -0.05) is 13.3 Å². The van der Waals surface area contributed by atoms with Crippen molar-refractivity contribution >= 4 is 17.6 Å². The molecule has 23 heavy (non-hydrogen) atoms. The Kier molecular flexibility index (Phi) is 7.39. The molecule has 6 nitrogen and oxygen atoms in total. The molecule has 1 aromatic heterocycles. The summed E-state index contributed by atoms with van der Waals surface area (Å²) in [5.41, 5.74) is -0.261. The maximum absolute atomic E-state index is 12.3. The predicted molar refractivity (Wildman–Crippen MR) is 94.2 cm³/mol. The van der Waals surface area contributed by atoms with Gasteiger partial charge in [0.05, 0.1) is 6.61 Å². The van der Waals surface area contributed by atoms with E-state index in [4.69, 9.17) is 9.47 Å². The number of unbranched alkanes of at least 4 members (excludes halogenated alkanes) is 1. The Labute approximate surface area is 142 Å². The topological polar surface area (TPSA) is 56.6 Å². The summed E-state index contributed by atoms with van der Waals surface area (Å²) in [5, 5.41) is 0. The Bertz CT molecular complexity index is 538. The Morgan fingerprint density at radius 3 is 2.96 bits per heavy atom. The molecule has 0 unspecified atom stereocenters. The standard InChI is InChI=1S/C16H27N3O3S/c1-4-7-9-18(5-2)13-8-10-19(16(20)17-13)14-12-23-15(22-14)11-21-6-3/h8,10,14-15H,4-7,9,11-12H2,1-3H3/t14-,15+/m0/s1. The second kappa shape index (κ2) is 9.30. The quantitative estimate of drug-likeness (QED) is 0.688. The van der Waals surface area contributed by atoms with E-state index in [0.29, 0.717) is 13.2 Å². The number of hydrogen-bond acceptors (Lipinski definition) is 6. The lowest BCUT2D eigenvalue weighted by atomic mass is 10.3. The highest BCUT2D eigenvalue weighted by molar-refractivity contribution is 8.00. The third-order valence-corrected chi connectivity index (χ3v) is 4.90. The fourth-order valence-corrected chi connectivity index (χ4v) is 3.49. The van der Waals surface area contributed by atoms with Crippen molar-refractivity contribution in [1.82, 2.24) is 9.55 Å². The van der Waals surface area contributed by atoms with Crippen molar-refractivity contribution in [2.45, 2.75) is 45.3 Å². The summed E-state index contributed by atoms with van der Waals surface area (Å²) >= 11 is 1.67. The van der Waals surface area contributed by atoms with Gasteiger partial charge in [-0.15, -0.1) is 11.8 Å². The molecule has 2 heterocycles. The first kappa shape index (κ1) is 18.3. The van der Waals surface area contributed by atoms with Crippen LogP contribution in [0.2, 0.25) is 0 Å². The molecule has 7 heteroatoms. The van der Waals surface area contributed by atoms with Crippen LogP contribution < -0.4 is 10.6 Å². The second-order valence-electron chi connectivity index (χ2n) is 5.42. The fraction of sp³-hybridized carbons (Fsp3) is 0.750. The molecule has 0 aromatic carbocycles. The van der Waals surface area contributed by atoms with Gasteiger partial charge >= 0.3 is 5.69 Å². The van der Waals surface area contributed by atoms with Crippen molar-refractivity contribution < 1.29 is 9.47 Å². The Morgan fingerprint density at radius 1 is 1.48 bits per heavy atom. The van der Waals surface area contributed by atoms with Gasteiger partial charge < -0.3 is 14.4 Å². The van der Waals surface area contributed by atoms with Gasteiger partial charge in [0.15, 0.2) is 0 Å². The minimum Gasteiger partial charge on any atom is -0.378 e. The molecule has 1 aliphatic heterocycles. The summed E-state index contributed by atoms with van der Waals surface area (Å²) in [4.78, 5) is 18.7. The minimum absolute atomic E-state index is 0.0109. The van der Waals surface area contributed by atoms with Crippen LogP contribution >= 0.6 is 11.8 Å². The van der Waals surface area contributed by atoms with Gasteiger partial charge in [0.25, 0.3) is 0 Å². The summed E-state index contributed by atoms with van der Waals surface area (Å²) in [5.74, 6) is 1.49. The monoisotopic (exact) mass is 341 g/mol. The zero-order valence-electron chi connectivity index (χ0n) is 14.2. The van der Waals surface area contributed by atoms with Crippen LogP contribution in [-0.2, 0) is 9.47 Å². The van der Waals surface area contributed by atoms with Crippen molar-refractivity contribution in [1.29, 1.82) is 0 Å². The van der Waals surface area contributed by atoms with E-state index in [1.165, 1.54) is 0 Å². The molecule has 2 atom stereocenters. The van der Waals surface area contributed by atoms with Crippen LogP contribution in [0.25, 0.3) is 0 Å². The molecule has 0 radical (unpaired) electrons. The van der Waals surface area contributed by atoms with Gasteiger partial charge in [0, 0.05) is 31.6 Å². The highest BCUT2D eigenvalue weighted by atomic mass is 32.2. The lowest BCUT2D eigenvalue weighted by Gasteiger charge is -2.22. The van der Waals surface area contributed by atoms with Crippen molar-refractivity contribution in [2.75, 3.05) is 37.0 Å². The molecule has 1 saturated heterocycles. The highest BCUT2D eigenvalue weighted by Crippen LogP contribution is 2.31. The summed E-state index contributed by atoms with van der Waals surface area (Å²) < 4.78 is 12.8. The van der Waals surface area contributed by atoms with E-state index in [2.05, 4.69) is 23.7 Å². The maximum atomic E-state index is 12.3. The van der Waals surface area contributed by atoms with Crippen molar-refractivity contribution in [3.63, 3.8) is 0 Å². The largest absolute Gasteiger partial charge is 0.378 e. The highest BCUT2D eigenvalue weighted by Gasteiger charge is 2.28. The lowest BCUT2D eigenvalue weighted by molar-refractivity contribution is -0.0226. The van der Waals surface area contributed by atoms with E-state index in [1.54, 1.807) is 22.5 Å². The molecule has 0 bridgehead atoms. The molecule has 1 fully saturated rings. The van der Waals surface area contributed by atoms with Crippen LogP contribution in [0, 0.1) is 0 Å². The van der Waals surface area contributed by atoms with E-state index in [-0.39, 0.29) is 17.4 Å². The van der Waals surface area contributed by atoms with Crippen molar-refractivity contribution in [2.24, 2.45) is 0 Å². The number of nitrogens with zero attached hydrogens (tertiary/aromatic N) is 3. The zero-order chi connectivity index (χ0) is 16.7. The lowest BCUT2D eigenvalue weighted by Crippen LogP contribution is -2.32. The molecular weight excluding hydrogens is 314 g/mol. The van der Waals surface area contributed by atoms with E-state index in [1.807, 2.05) is 13.0 Å². The molecule has 1 aliphatic rings. The molecule has 130 valence electrons. The van der Waals surface area contributed by atoms with Crippen molar-refractivity contribution in [3.05, 3.63) is 22.7 Å². The number of hydrogen-bond donors (Lipinski definition) is 0. The molecule has 0 spiro atoms. The zero-order valence-corrected chi connectivity index (χ0v) is 15.1. The molecule has 0 amide bonds.